The second-order valence-electron chi connectivity index (χ2n) is 7.72. The Hall–Kier alpha value is -3.84. The van der Waals surface area contributed by atoms with Crippen LogP contribution in [0.5, 0.6) is 11.5 Å². The molecule has 0 amide bonds. The number of ether oxygens (including phenoxy) is 2. The van der Waals surface area contributed by atoms with E-state index < -0.39 is 11.2 Å². The quantitative estimate of drug-likeness (QED) is 0.358. The molecule has 7 nitrogen and oxygen atoms in total. The zero-order valence-corrected chi connectivity index (χ0v) is 19.5. The molecule has 8 heteroatoms. The molecule has 0 aliphatic rings. The molecule has 0 N–H and O–H groups in total. The predicted octanol–water partition coefficient (Wildman–Crippen LogP) is 3.96. The molecule has 0 saturated heterocycles. The van der Waals surface area contributed by atoms with E-state index in [9.17, 15) is 14.4 Å². The number of benzene rings is 3. The molecule has 0 atom stereocenters. The number of aromatic nitrogens is 2. The number of carbonyl (C=O) groups excluding carboxylic acids is 1. The number of rotatable bonds is 8. The first-order valence-corrected chi connectivity index (χ1v) is 11.0. The highest BCUT2D eigenvalue weighted by molar-refractivity contribution is 6.30. The maximum Gasteiger partial charge on any atom is 0.331 e. The van der Waals surface area contributed by atoms with Crippen molar-refractivity contribution >= 4 is 28.3 Å². The van der Waals surface area contributed by atoms with E-state index >= 15 is 0 Å². The normalized spacial score (nSPS) is 10.9. The largest absolute Gasteiger partial charge is 0.493 e. The fourth-order valence-electron chi connectivity index (χ4n) is 3.85. The Morgan fingerprint density at radius 1 is 0.882 bits per heavy atom. The Balaban J connectivity index is 1.86. The van der Waals surface area contributed by atoms with Gasteiger partial charge in [0.15, 0.2) is 17.3 Å². The van der Waals surface area contributed by atoms with E-state index in [1.807, 2.05) is 30.3 Å². The van der Waals surface area contributed by atoms with E-state index in [2.05, 4.69) is 0 Å². The van der Waals surface area contributed by atoms with E-state index in [0.29, 0.717) is 34.0 Å². The van der Waals surface area contributed by atoms with Gasteiger partial charge in [-0.15, -0.1) is 0 Å². The summed E-state index contributed by atoms with van der Waals surface area (Å²) in [6, 6.07) is 19.1. The van der Waals surface area contributed by atoms with Crippen molar-refractivity contribution < 1.29 is 14.3 Å². The van der Waals surface area contributed by atoms with Crippen LogP contribution in [0.15, 0.2) is 76.3 Å². The SMILES string of the molecule is COc1cc2c(=O)n(CCc3ccccc3)c(=O)n(CC(=O)c3ccc(Cl)cc3)c2cc1OC. The summed E-state index contributed by atoms with van der Waals surface area (Å²) in [4.78, 5) is 39.8. The van der Waals surface area contributed by atoms with Crippen LogP contribution in [0.4, 0.5) is 0 Å². The second-order valence-corrected chi connectivity index (χ2v) is 8.15. The molecule has 4 rings (SSSR count). The van der Waals surface area contributed by atoms with Gasteiger partial charge in [0.2, 0.25) is 0 Å². The highest BCUT2D eigenvalue weighted by Gasteiger charge is 2.19. The molecular weight excluding hydrogens is 456 g/mol. The number of carbonyl (C=O) groups is 1. The van der Waals surface area contributed by atoms with Crippen LogP contribution in [-0.4, -0.2) is 29.1 Å². The van der Waals surface area contributed by atoms with Crippen molar-refractivity contribution in [1.29, 1.82) is 0 Å². The number of halogens is 1. The summed E-state index contributed by atoms with van der Waals surface area (Å²) in [6.45, 7) is -0.0842. The van der Waals surface area contributed by atoms with Crippen molar-refractivity contribution in [3.63, 3.8) is 0 Å². The lowest BCUT2D eigenvalue weighted by atomic mass is 10.1. The van der Waals surface area contributed by atoms with E-state index in [4.69, 9.17) is 21.1 Å². The minimum atomic E-state index is -0.567. The topological polar surface area (TPSA) is 79.5 Å². The summed E-state index contributed by atoms with van der Waals surface area (Å²) in [5.74, 6) is 0.419. The third-order valence-electron chi connectivity index (χ3n) is 5.66. The van der Waals surface area contributed by atoms with Gasteiger partial charge in [0.05, 0.1) is 31.7 Å². The van der Waals surface area contributed by atoms with Gasteiger partial charge in [-0.25, -0.2) is 4.79 Å². The van der Waals surface area contributed by atoms with Crippen LogP contribution >= 0.6 is 11.6 Å². The molecule has 0 saturated carbocycles. The first kappa shape index (κ1) is 23.3. The van der Waals surface area contributed by atoms with Crippen molar-refractivity contribution in [2.45, 2.75) is 19.5 Å². The van der Waals surface area contributed by atoms with Crippen molar-refractivity contribution in [3.8, 4) is 11.5 Å². The molecule has 0 spiro atoms. The van der Waals surface area contributed by atoms with Crippen LogP contribution in [0.2, 0.25) is 5.02 Å². The Kier molecular flexibility index (Phi) is 6.84. The first-order chi connectivity index (χ1) is 16.4. The van der Waals surface area contributed by atoms with E-state index in [1.165, 1.54) is 24.9 Å². The average Bonchev–Trinajstić information content (AvgIpc) is 2.86. The minimum absolute atomic E-state index is 0.168. The summed E-state index contributed by atoms with van der Waals surface area (Å²) >= 11 is 5.93. The molecule has 1 aromatic heterocycles. The lowest BCUT2D eigenvalue weighted by Crippen LogP contribution is -2.41. The van der Waals surface area contributed by atoms with Gasteiger partial charge < -0.3 is 9.47 Å². The predicted molar refractivity (Wildman–Crippen MR) is 132 cm³/mol. The summed E-state index contributed by atoms with van der Waals surface area (Å²) in [5.41, 5.74) is 0.679. The van der Waals surface area contributed by atoms with Crippen molar-refractivity contribution in [2.75, 3.05) is 14.2 Å². The molecule has 34 heavy (non-hydrogen) atoms. The number of fused-ring (bicyclic) bond motifs is 1. The molecule has 4 aromatic rings. The standard InChI is InChI=1S/C26H23ClN2O5/c1-33-23-14-20-21(15-24(23)34-2)29(16-22(30)18-8-10-19(27)11-9-18)26(32)28(25(20)31)13-12-17-6-4-3-5-7-17/h3-11,14-15H,12-13,16H2,1-2H3. The van der Waals surface area contributed by atoms with Gasteiger partial charge in [-0.2, -0.15) is 0 Å². The molecule has 3 aromatic carbocycles. The molecule has 0 aliphatic heterocycles. The van der Waals surface area contributed by atoms with Crippen molar-refractivity contribution in [3.05, 3.63) is 104 Å². The molecule has 0 fully saturated rings. The molecular formula is C26H23ClN2O5. The van der Waals surface area contributed by atoms with Crippen LogP contribution in [0.25, 0.3) is 10.9 Å². The van der Waals surface area contributed by atoms with Gasteiger partial charge in [-0.1, -0.05) is 41.9 Å². The zero-order chi connectivity index (χ0) is 24.2. The number of nitrogens with zero attached hydrogens (tertiary/aromatic N) is 2. The molecule has 174 valence electrons. The van der Waals surface area contributed by atoms with Gasteiger partial charge in [-0.05, 0) is 42.3 Å². The number of hydrogen-bond donors (Lipinski definition) is 0. The Bertz CT molecular complexity index is 1460. The number of methoxy groups -OCH3 is 2. The smallest absolute Gasteiger partial charge is 0.331 e. The lowest BCUT2D eigenvalue weighted by molar-refractivity contribution is 0.0971. The van der Waals surface area contributed by atoms with Crippen LogP contribution in [0, 0.1) is 0 Å². The van der Waals surface area contributed by atoms with Crippen LogP contribution in [0.1, 0.15) is 15.9 Å². The minimum Gasteiger partial charge on any atom is -0.493 e. The summed E-state index contributed by atoms with van der Waals surface area (Å²) in [7, 11) is 2.93. The van der Waals surface area contributed by atoms with E-state index in [1.54, 1.807) is 30.3 Å². The van der Waals surface area contributed by atoms with Crippen molar-refractivity contribution in [1.82, 2.24) is 9.13 Å². The molecule has 0 aliphatic carbocycles. The number of ketones is 1. The number of Topliss-reactive ketones (excluding diaryl/α,β-unsaturated/α-hetero) is 1. The Morgan fingerprint density at radius 2 is 1.53 bits per heavy atom. The van der Waals surface area contributed by atoms with Gasteiger partial charge in [0.1, 0.15) is 0 Å². The van der Waals surface area contributed by atoms with Gasteiger partial charge in [0.25, 0.3) is 5.56 Å². The van der Waals surface area contributed by atoms with Crippen LogP contribution < -0.4 is 20.7 Å². The number of aryl methyl sites for hydroxylation is 1. The number of hydrogen-bond acceptors (Lipinski definition) is 5. The fraction of sp³-hybridized carbons (Fsp3) is 0.192. The molecule has 0 bridgehead atoms. The average molecular weight is 479 g/mol. The van der Waals surface area contributed by atoms with Crippen LogP contribution in [0.3, 0.4) is 0 Å². The Morgan fingerprint density at radius 3 is 2.18 bits per heavy atom. The summed E-state index contributed by atoms with van der Waals surface area (Å²) in [6.07, 6.45) is 0.486. The molecule has 0 unspecified atom stereocenters. The lowest BCUT2D eigenvalue weighted by Gasteiger charge is -2.16. The zero-order valence-electron chi connectivity index (χ0n) is 18.8. The third kappa shape index (κ3) is 4.61. The first-order valence-electron chi connectivity index (χ1n) is 10.6. The fourth-order valence-corrected chi connectivity index (χ4v) is 3.98. The van der Waals surface area contributed by atoms with Gasteiger partial charge in [-0.3, -0.25) is 18.7 Å². The van der Waals surface area contributed by atoms with Crippen molar-refractivity contribution in [2.24, 2.45) is 0 Å². The van der Waals surface area contributed by atoms with Crippen LogP contribution in [-0.2, 0) is 19.5 Å². The summed E-state index contributed by atoms with van der Waals surface area (Å²) < 4.78 is 13.2. The highest BCUT2D eigenvalue weighted by Crippen LogP contribution is 2.30. The monoisotopic (exact) mass is 478 g/mol. The maximum atomic E-state index is 13.5. The maximum absolute atomic E-state index is 13.5. The summed E-state index contributed by atoms with van der Waals surface area (Å²) in [5, 5.41) is 0.764. The van der Waals surface area contributed by atoms with E-state index in [0.717, 1.165) is 10.1 Å². The Labute approximate surface area is 200 Å². The molecule has 0 radical (unpaired) electrons. The van der Waals surface area contributed by atoms with Gasteiger partial charge in [0, 0.05) is 23.2 Å². The third-order valence-corrected chi connectivity index (χ3v) is 5.92. The van der Waals surface area contributed by atoms with E-state index in [-0.39, 0.29) is 24.3 Å². The van der Waals surface area contributed by atoms with Gasteiger partial charge >= 0.3 is 5.69 Å². The highest BCUT2D eigenvalue weighted by atomic mass is 35.5. The second kappa shape index (κ2) is 9.97. The molecule has 1 heterocycles.